The van der Waals surface area contributed by atoms with E-state index in [0.29, 0.717) is 0 Å². The minimum atomic E-state index is -1.33. The predicted octanol–water partition coefficient (Wildman–Crippen LogP) is 10.1. The second kappa shape index (κ2) is 17.7. The molecule has 2 aromatic heterocycles. The van der Waals surface area contributed by atoms with Crippen LogP contribution in [0.1, 0.15) is 103 Å². The second-order valence-corrected chi connectivity index (χ2v) is 29.4. The van der Waals surface area contributed by atoms with Crippen LogP contribution in [0.25, 0.3) is 22.5 Å². The molecule has 4 nitrogen and oxygen atoms in total. The summed E-state index contributed by atoms with van der Waals surface area (Å²) in [5, 5.41) is 16.9. The van der Waals surface area contributed by atoms with E-state index in [2.05, 4.69) is 165 Å². The zero-order valence-electron chi connectivity index (χ0n) is 35.7. The van der Waals surface area contributed by atoms with Crippen LogP contribution in [0.3, 0.4) is 0 Å². The van der Waals surface area contributed by atoms with Crippen molar-refractivity contribution in [3.05, 3.63) is 95.3 Å². The fraction of sp³-hybridized carbons (Fsp3) is 0.522. The maximum atomic E-state index is 7.00. The van der Waals surface area contributed by atoms with Crippen LogP contribution in [0.4, 0.5) is 0 Å². The Bertz CT molecular complexity index is 1680. The number of aliphatic hydroxyl groups excluding tert-OH is 2. The van der Waals surface area contributed by atoms with Gasteiger partial charge < -0.3 is 20.2 Å². The van der Waals surface area contributed by atoms with Gasteiger partial charge in [-0.3, -0.25) is 0 Å². The summed E-state index contributed by atoms with van der Waals surface area (Å²) in [6.07, 6.45) is 8.88. The van der Waals surface area contributed by atoms with Gasteiger partial charge in [0.2, 0.25) is 0 Å². The van der Waals surface area contributed by atoms with E-state index in [1.165, 1.54) is 58.3 Å². The zero-order chi connectivity index (χ0) is 39.5. The molecule has 53 heavy (non-hydrogen) atoms. The topological polar surface area (TPSA) is 66.2 Å². The molecule has 293 valence electrons. The molecule has 0 unspecified atom stereocenters. The smallest absolute Gasteiger partial charge is 0.0767 e. The molecule has 2 aliphatic rings. The fourth-order valence-electron chi connectivity index (χ4n) is 7.40. The average Bonchev–Trinajstić information content (AvgIpc) is 3.10. The number of hydrogen-bond donors (Lipinski definition) is 2. The van der Waals surface area contributed by atoms with Crippen LogP contribution in [0.5, 0.6) is 0 Å². The van der Waals surface area contributed by atoms with E-state index < -0.39 is 16.1 Å². The van der Waals surface area contributed by atoms with Crippen molar-refractivity contribution in [2.24, 2.45) is 0 Å². The molecule has 1 radical (unpaired) electrons. The molecule has 0 aliphatic heterocycles. The Morgan fingerprint density at radius 3 is 1.06 bits per heavy atom. The van der Waals surface area contributed by atoms with Crippen LogP contribution in [-0.4, -0.2) is 50.5 Å². The van der Waals surface area contributed by atoms with Crippen molar-refractivity contribution in [2.45, 2.75) is 142 Å². The molecule has 0 amide bonds. The number of hydrogen-bond acceptors (Lipinski definition) is 4. The summed E-state index contributed by atoms with van der Waals surface area (Å²) in [4.78, 5) is 9.29. The Hall–Kier alpha value is -2.26. The van der Waals surface area contributed by atoms with Crippen molar-refractivity contribution >= 4 is 26.5 Å². The van der Waals surface area contributed by atoms with Gasteiger partial charge in [-0.15, -0.1) is 69.8 Å². The van der Waals surface area contributed by atoms with E-state index in [0.717, 1.165) is 36.7 Å². The van der Waals surface area contributed by atoms with Gasteiger partial charge in [-0.1, -0.05) is 130 Å². The van der Waals surface area contributed by atoms with Gasteiger partial charge in [-0.25, -0.2) is 0 Å². The molecule has 0 atom stereocenters. The first-order valence-corrected chi connectivity index (χ1v) is 26.0. The van der Waals surface area contributed by atoms with Gasteiger partial charge in [-0.05, 0) is 58.0 Å². The first-order valence-electron chi connectivity index (χ1n) is 19.0. The minimum Gasteiger partial charge on any atom is -0.400 e. The average molecular weight is 929 g/mol. The number of benzene rings is 2. The van der Waals surface area contributed by atoms with Crippen LogP contribution < -0.4 is 10.4 Å². The van der Waals surface area contributed by atoms with Gasteiger partial charge in [0.05, 0.1) is 16.1 Å². The standard InChI is InChI=1S/2C22H30NSi.2CH4O.Ir/c2*1-21(2)11-12-22(3,4)19-14-16(8-9-18(19)21)20-15-17(10-13-23-20)24(5,6)7;2*1-2;/h2*9-10,13-15H,11-12H2,1-7H3;2*2H,1H3;/q2*-1;;;. The zero-order valence-corrected chi connectivity index (χ0v) is 40.1. The summed E-state index contributed by atoms with van der Waals surface area (Å²) < 4.78 is 0. The number of aliphatic hydroxyl groups is 2. The summed E-state index contributed by atoms with van der Waals surface area (Å²) >= 11 is 0. The Morgan fingerprint density at radius 1 is 0.491 bits per heavy atom. The Kier molecular flexibility index (Phi) is 15.7. The van der Waals surface area contributed by atoms with Crippen LogP contribution >= 0.6 is 0 Å². The summed E-state index contributed by atoms with van der Waals surface area (Å²) in [5.41, 5.74) is 11.2. The molecule has 2 aromatic carbocycles. The normalized spacial score (nSPS) is 17.4. The molecule has 0 fully saturated rings. The quantitative estimate of drug-likeness (QED) is 0.158. The van der Waals surface area contributed by atoms with E-state index >= 15 is 0 Å². The number of nitrogens with zero attached hydrogens (tertiary/aromatic N) is 2. The van der Waals surface area contributed by atoms with Gasteiger partial charge in [-0.2, -0.15) is 0 Å². The molecule has 0 saturated carbocycles. The maximum Gasteiger partial charge on any atom is 0.0767 e. The van der Waals surface area contributed by atoms with Crippen molar-refractivity contribution in [2.75, 3.05) is 14.2 Å². The molecular weight excluding hydrogens is 861 g/mol. The summed E-state index contributed by atoms with van der Waals surface area (Å²) in [6.45, 7) is 33.2. The molecule has 2 heterocycles. The fourth-order valence-corrected chi connectivity index (χ4v) is 9.68. The van der Waals surface area contributed by atoms with Crippen LogP contribution in [0.15, 0.2) is 60.9 Å². The van der Waals surface area contributed by atoms with Gasteiger partial charge in [0, 0.05) is 46.7 Å². The molecule has 7 heteroatoms. The molecule has 0 spiro atoms. The van der Waals surface area contributed by atoms with E-state index in [1.54, 1.807) is 0 Å². The maximum absolute atomic E-state index is 7.00. The van der Waals surface area contributed by atoms with Crippen LogP contribution in [0.2, 0.25) is 39.3 Å². The Labute approximate surface area is 339 Å². The van der Waals surface area contributed by atoms with Gasteiger partial charge in [0.15, 0.2) is 0 Å². The first-order chi connectivity index (χ1) is 24.0. The molecule has 2 N–H and O–H groups in total. The first kappa shape index (κ1) is 46.9. The Morgan fingerprint density at radius 2 is 0.774 bits per heavy atom. The van der Waals surface area contributed by atoms with Crippen molar-refractivity contribution in [1.82, 2.24) is 9.97 Å². The van der Waals surface area contributed by atoms with E-state index in [9.17, 15) is 0 Å². The van der Waals surface area contributed by atoms with Crippen molar-refractivity contribution < 1.29 is 30.3 Å². The number of aromatic nitrogens is 2. The molecule has 4 aromatic rings. The Balaban J connectivity index is 0.000000330. The summed E-state index contributed by atoms with van der Waals surface area (Å²) in [5.74, 6) is 0. The van der Waals surface area contributed by atoms with Gasteiger partial charge >= 0.3 is 0 Å². The van der Waals surface area contributed by atoms with Crippen molar-refractivity contribution in [3.8, 4) is 22.5 Å². The SMILES string of the molecule is CC1(C)CCC(C)(C)c2cc(-c3cc([Si](C)(C)C)ccn3)[c-]cc21.CC1(C)CCC(C)(C)c2cc(-c3cc([Si](C)(C)C)ccn3)[c-]cc21.CO.CO.[Ir]. The molecule has 0 bridgehead atoms. The predicted molar refractivity (Wildman–Crippen MR) is 230 cm³/mol. The van der Waals surface area contributed by atoms with E-state index in [4.69, 9.17) is 10.2 Å². The summed E-state index contributed by atoms with van der Waals surface area (Å²) in [6, 6.07) is 25.2. The number of rotatable bonds is 4. The molecule has 2 aliphatic carbocycles. The third-order valence-electron chi connectivity index (χ3n) is 11.4. The van der Waals surface area contributed by atoms with Crippen LogP contribution in [-0.2, 0) is 41.8 Å². The summed E-state index contributed by atoms with van der Waals surface area (Å²) in [7, 11) is -0.663. The molecular formula is C46H68IrN2O2Si2-2. The van der Waals surface area contributed by atoms with Crippen molar-refractivity contribution in [3.63, 3.8) is 0 Å². The van der Waals surface area contributed by atoms with Gasteiger partial charge in [0.1, 0.15) is 0 Å². The number of fused-ring (bicyclic) bond motifs is 2. The van der Waals surface area contributed by atoms with Crippen molar-refractivity contribution in [1.29, 1.82) is 0 Å². The largest absolute Gasteiger partial charge is 0.400 e. The van der Waals surface area contributed by atoms with E-state index in [-0.39, 0.29) is 41.8 Å². The third kappa shape index (κ3) is 11.0. The number of pyridine rings is 2. The monoisotopic (exact) mass is 929 g/mol. The molecule has 6 rings (SSSR count). The van der Waals surface area contributed by atoms with Crippen LogP contribution in [0, 0.1) is 12.1 Å². The third-order valence-corrected chi connectivity index (χ3v) is 15.5. The second-order valence-electron chi connectivity index (χ2n) is 19.2. The molecule has 0 saturated heterocycles. The van der Waals surface area contributed by atoms with Gasteiger partial charge in [0.25, 0.3) is 0 Å². The minimum absolute atomic E-state index is 0. The van der Waals surface area contributed by atoms with E-state index in [1.807, 2.05) is 12.4 Å².